The number of amides is 1. The van der Waals surface area contributed by atoms with Crippen LogP contribution in [-0.2, 0) is 7.05 Å². The van der Waals surface area contributed by atoms with Crippen molar-refractivity contribution in [3.63, 3.8) is 0 Å². The highest BCUT2D eigenvalue weighted by atomic mass is 16.1. The molecular weight excluding hydrogens is 218 g/mol. The molecular formula is C11H13N5O. The Hall–Kier alpha value is -2.37. The Balaban J connectivity index is 2.32. The fourth-order valence-electron chi connectivity index (χ4n) is 1.43. The molecule has 1 aromatic carbocycles. The Morgan fingerprint density at radius 1 is 1.29 bits per heavy atom. The lowest BCUT2D eigenvalue weighted by Crippen LogP contribution is -2.19. The summed E-state index contributed by atoms with van der Waals surface area (Å²) in [6.45, 7) is 0. The molecule has 2 aromatic rings. The molecule has 0 atom stereocenters. The van der Waals surface area contributed by atoms with E-state index in [0.29, 0.717) is 5.82 Å². The van der Waals surface area contributed by atoms with Crippen LogP contribution in [0.3, 0.4) is 0 Å². The van der Waals surface area contributed by atoms with Crippen molar-refractivity contribution in [3.05, 3.63) is 36.0 Å². The molecule has 88 valence electrons. The second-order valence-corrected chi connectivity index (χ2v) is 3.48. The minimum absolute atomic E-state index is 0.267. The Bertz CT molecular complexity index is 520. The van der Waals surface area contributed by atoms with Gasteiger partial charge in [-0.2, -0.15) is 0 Å². The van der Waals surface area contributed by atoms with Crippen molar-refractivity contribution in [1.82, 2.24) is 20.3 Å². The van der Waals surface area contributed by atoms with Crippen LogP contribution >= 0.6 is 0 Å². The van der Waals surface area contributed by atoms with E-state index in [0.717, 1.165) is 5.69 Å². The molecule has 0 fully saturated rings. The monoisotopic (exact) mass is 231 g/mol. The fraction of sp³-hybridized carbons (Fsp3) is 0.182. The number of hydrogen-bond donors (Lipinski definition) is 2. The molecule has 0 radical (unpaired) electrons. The average molecular weight is 231 g/mol. The summed E-state index contributed by atoms with van der Waals surface area (Å²) < 4.78 is 1.53. The van der Waals surface area contributed by atoms with Crippen molar-refractivity contribution in [3.8, 4) is 0 Å². The minimum Gasteiger partial charge on any atom is -0.354 e. The zero-order chi connectivity index (χ0) is 12.3. The van der Waals surface area contributed by atoms with Crippen LogP contribution in [0, 0.1) is 0 Å². The smallest absolute Gasteiger partial charge is 0.275 e. The van der Waals surface area contributed by atoms with E-state index in [-0.39, 0.29) is 11.6 Å². The first-order valence-electron chi connectivity index (χ1n) is 5.16. The summed E-state index contributed by atoms with van der Waals surface area (Å²) in [5, 5.41) is 13.3. The SMILES string of the molecule is CNC(=O)c1nnn(C)c1Nc1ccccc1. The summed E-state index contributed by atoms with van der Waals surface area (Å²) in [4.78, 5) is 11.6. The highest BCUT2D eigenvalue weighted by molar-refractivity contribution is 5.97. The van der Waals surface area contributed by atoms with E-state index in [1.54, 1.807) is 14.1 Å². The van der Waals surface area contributed by atoms with Crippen LogP contribution < -0.4 is 10.6 Å². The molecule has 0 bridgehead atoms. The molecule has 17 heavy (non-hydrogen) atoms. The van der Waals surface area contributed by atoms with Crippen LogP contribution in [0.4, 0.5) is 11.5 Å². The van der Waals surface area contributed by atoms with Gasteiger partial charge in [-0.15, -0.1) is 5.10 Å². The first kappa shape index (κ1) is 11.1. The van der Waals surface area contributed by atoms with Gasteiger partial charge < -0.3 is 10.6 Å². The van der Waals surface area contributed by atoms with Crippen molar-refractivity contribution in [2.75, 3.05) is 12.4 Å². The van der Waals surface area contributed by atoms with Gasteiger partial charge in [0.25, 0.3) is 5.91 Å². The van der Waals surface area contributed by atoms with Crippen LogP contribution in [0.5, 0.6) is 0 Å². The summed E-state index contributed by atoms with van der Waals surface area (Å²) in [6, 6.07) is 9.55. The standard InChI is InChI=1S/C11H13N5O/c1-12-11(17)9-10(16(2)15-14-9)13-8-6-4-3-5-7-8/h3-7,13H,1-2H3,(H,12,17). The number of nitrogens with zero attached hydrogens (tertiary/aromatic N) is 3. The third-order valence-corrected chi connectivity index (χ3v) is 2.31. The minimum atomic E-state index is -0.267. The van der Waals surface area contributed by atoms with E-state index in [1.165, 1.54) is 4.68 Å². The molecule has 0 aliphatic carbocycles. The van der Waals surface area contributed by atoms with Crippen molar-refractivity contribution in [2.45, 2.75) is 0 Å². The number of anilines is 2. The van der Waals surface area contributed by atoms with Crippen molar-refractivity contribution in [2.24, 2.45) is 7.05 Å². The van der Waals surface area contributed by atoms with Crippen molar-refractivity contribution < 1.29 is 4.79 Å². The maximum absolute atomic E-state index is 11.6. The Morgan fingerprint density at radius 2 is 2.00 bits per heavy atom. The molecule has 6 nitrogen and oxygen atoms in total. The second-order valence-electron chi connectivity index (χ2n) is 3.48. The Labute approximate surface area is 98.6 Å². The first-order chi connectivity index (χ1) is 8.22. The largest absolute Gasteiger partial charge is 0.354 e. The molecule has 1 aromatic heterocycles. The Kier molecular flexibility index (Phi) is 3.04. The molecule has 0 aliphatic heterocycles. The number of para-hydroxylation sites is 1. The third kappa shape index (κ3) is 2.25. The highest BCUT2D eigenvalue weighted by Crippen LogP contribution is 2.17. The molecule has 2 N–H and O–H groups in total. The first-order valence-corrected chi connectivity index (χ1v) is 5.16. The molecule has 2 rings (SSSR count). The zero-order valence-electron chi connectivity index (χ0n) is 9.64. The maximum Gasteiger partial charge on any atom is 0.275 e. The number of carbonyl (C=O) groups excluding carboxylic acids is 1. The fourth-order valence-corrected chi connectivity index (χ4v) is 1.43. The van der Waals surface area contributed by atoms with E-state index >= 15 is 0 Å². The molecule has 1 amide bonds. The van der Waals surface area contributed by atoms with E-state index < -0.39 is 0 Å². The quantitative estimate of drug-likeness (QED) is 0.824. The van der Waals surface area contributed by atoms with Crippen LogP contribution in [-0.4, -0.2) is 27.9 Å². The number of carbonyl (C=O) groups is 1. The average Bonchev–Trinajstić information content (AvgIpc) is 2.72. The van der Waals surface area contributed by atoms with Crippen LogP contribution in [0.25, 0.3) is 0 Å². The van der Waals surface area contributed by atoms with Gasteiger partial charge in [0.2, 0.25) is 0 Å². The van der Waals surface area contributed by atoms with E-state index in [4.69, 9.17) is 0 Å². The maximum atomic E-state index is 11.6. The van der Waals surface area contributed by atoms with E-state index in [9.17, 15) is 4.79 Å². The topological polar surface area (TPSA) is 71.8 Å². The predicted octanol–water partition coefficient (Wildman–Crippen LogP) is 0.918. The van der Waals surface area contributed by atoms with Gasteiger partial charge in [0.15, 0.2) is 11.5 Å². The Morgan fingerprint density at radius 3 is 2.65 bits per heavy atom. The number of hydrogen-bond acceptors (Lipinski definition) is 4. The summed E-state index contributed by atoms with van der Waals surface area (Å²) in [5.74, 6) is 0.298. The molecule has 0 saturated carbocycles. The van der Waals surface area contributed by atoms with Gasteiger partial charge >= 0.3 is 0 Å². The number of aryl methyl sites for hydroxylation is 1. The lowest BCUT2D eigenvalue weighted by Gasteiger charge is -2.07. The second kappa shape index (κ2) is 4.65. The summed E-state index contributed by atoms with van der Waals surface area (Å²) in [5.41, 5.74) is 1.15. The number of nitrogens with one attached hydrogen (secondary N) is 2. The number of benzene rings is 1. The van der Waals surface area contributed by atoms with Gasteiger partial charge in [0, 0.05) is 19.8 Å². The molecule has 0 saturated heterocycles. The van der Waals surface area contributed by atoms with Crippen molar-refractivity contribution >= 4 is 17.4 Å². The predicted molar refractivity (Wildman–Crippen MR) is 64.1 cm³/mol. The van der Waals surface area contributed by atoms with E-state index in [1.807, 2.05) is 30.3 Å². The molecule has 0 aliphatic rings. The molecule has 0 spiro atoms. The highest BCUT2D eigenvalue weighted by Gasteiger charge is 2.16. The lowest BCUT2D eigenvalue weighted by atomic mass is 10.3. The van der Waals surface area contributed by atoms with Gasteiger partial charge in [-0.3, -0.25) is 4.79 Å². The molecule has 0 unspecified atom stereocenters. The zero-order valence-corrected chi connectivity index (χ0v) is 9.64. The summed E-state index contributed by atoms with van der Waals surface area (Å²) in [7, 11) is 3.29. The molecule has 1 heterocycles. The lowest BCUT2D eigenvalue weighted by molar-refractivity contribution is 0.0959. The number of aromatic nitrogens is 3. The van der Waals surface area contributed by atoms with Crippen molar-refractivity contribution in [1.29, 1.82) is 0 Å². The normalized spacial score (nSPS) is 10.0. The van der Waals surface area contributed by atoms with Gasteiger partial charge in [-0.1, -0.05) is 23.4 Å². The summed E-state index contributed by atoms with van der Waals surface area (Å²) >= 11 is 0. The van der Waals surface area contributed by atoms with E-state index in [2.05, 4.69) is 20.9 Å². The number of rotatable bonds is 3. The van der Waals surface area contributed by atoms with Crippen LogP contribution in [0.2, 0.25) is 0 Å². The van der Waals surface area contributed by atoms with Crippen LogP contribution in [0.1, 0.15) is 10.5 Å². The van der Waals surface area contributed by atoms with Gasteiger partial charge in [-0.25, -0.2) is 4.68 Å². The van der Waals surface area contributed by atoms with Gasteiger partial charge in [-0.05, 0) is 12.1 Å². The van der Waals surface area contributed by atoms with Gasteiger partial charge in [0.1, 0.15) is 0 Å². The summed E-state index contributed by atoms with van der Waals surface area (Å²) in [6.07, 6.45) is 0. The van der Waals surface area contributed by atoms with Crippen LogP contribution in [0.15, 0.2) is 30.3 Å². The van der Waals surface area contributed by atoms with Gasteiger partial charge in [0.05, 0.1) is 0 Å². The third-order valence-electron chi connectivity index (χ3n) is 2.31. The molecule has 6 heteroatoms.